The molecule has 0 aliphatic carbocycles. The molecule has 0 amide bonds. The van der Waals surface area contributed by atoms with Gasteiger partial charge >= 0.3 is 0 Å². The Hall–Kier alpha value is -1.44. The molecule has 0 saturated heterocycles. The average molecular weight is 298 g/mol. The summed E-state index contributed by atoms with van der Waals surface area (Å²) in [5.41, 5.74) is 3.02. The number of sulfonamides is 1. The lowest BCUT2D eigenvalue weighted by Crippen LogP contribution is -2.24. The molecule has 0 aliphatic heterocycles. The fraction of sp³-hybridized carbons (Fsp3) is 0.250. The van der Waals surface area contributed by atoms with Crippen LogP contribution in [0.1, 0.15) is 11.3 Å². The second kappa shape index (κ2) is 5.68. The summed E-state index contributed by atoms with van der Waals surface area (Å²) in [6, 6.07) is 4.86. The van der Waals surface area contributed by atoms with Gasteiger partial charge in [-0.3, -0.25) is 0 Å². The van der Waals surface area contributed by atoms with Crippen molar-refractivity contribution in [1.82, 2.24) is 9.71 Å². The fourth-order valence-corrected chi connectivity index (χ4v) is 3.40. The van der Waals surface area contributed by atoms with E-state index >= 15 is 0 Å². The summed E-state index contributed by atoms with van der Waals surface area (Å²) >= 11 is 1.43. The largest absolute Gasteiger partial charge is 0.497 e. The van der Waals surface area contributed by atoms with Crippen LogP contribution in [0.25, 0.3) is 0 Å². The first-order valence-corrected chi connectivity index (χ1v) is 7.97. The van der Waals surface area contributed by atoms with E-state index in [1.54, 1.807) is 31.7 Å². The van der Waals surface area contributed by atoms with Crippen LogP contribution in [0, 0.1) is 6.92 Å². The molecule has 1 aromatic carbocycles. The Morgan fingerprint density at radius 2 is 2.21 bits per heavy atom. The van der Waals surface area contributed by atoms with Crippen LogP contribution in [0.5, 0.6) is 5.75 Å². The Balaban J connectivity index is 2.19. The number of rotatable bonds is 5. The topological polar surface area (TPSA) is 68.3 Å². The lowest BCUT2D eigenvalue weighted by atomic mass is 10.2. The van der Waals surface area contributed by atoms with E-state index < -0.39 is 10.0 Å². The lowest BCUT2D eigenvalue weighted by Gasteiger charge is -2.09. The van der Waals surface area contributed by atoms with Crippen LogP contribution in [0.15, 0.2) is 34.0 Å². The molecule has 5 nitrogen and oxygen atoms in total. The molecule has 7 heteroatoms. The van der Waals surface area contributed by atoms with Crippen molar-refractivity contribution in [2.24, 2.45) is 0 Å². The zero-order chi connectivity index (χ0) is 13.9. The van der Waals surface area contributed by atoms with Gasteiger partial charge in [-0.2, -0.15) is 0 Å². The summed E-state index contributed by atoms with van der Waals surface area (Å²) in [5, 5.41) is 1.81. The molecule has 19 heavy (non-hydrogen) atoms. The normalized spacial score (nSPS) is 11.5. The number of benzene rings is 1. The summed E-state index contributed by atoms with van der Waals surface area (Å²) in [6.07, 6.45) is 0. The van der Waals surface area contributed by atoms with E-state index in [1.807, 2.05) is 5.38 Å². The van der Waals surface area contributed by atoms with Crippen LogP contribution in [0.3, 0.4) is 0 Å². The predicted molar refractivity (Wildman–Crippen MR) is 73.9 cm³/mol. The van der Waals surface area contributed by atoms with E-state index in [4.69, 9.17) is 4.74 Å². The molecule has 0 unspecified atom stereocenters. The Labute approximate surface area is 116 Å². The lowest BCUT2D eigenvalue weighted by molar-refractivity contribution is 0.414. The van der Waals surface area contributed by atoms with E-state index in [1.165, 1.54) is 17.4 Å². The third-order valence-electron chi connectivity index (χ3n) is 2.60. The highest BCUT2D eigenvalue weighted by atomic mass is 32.2. The maximum absolute atomic E-state index is 12.2. The second-order valence-electron chi connectivity index (χ2n) is 3.94. The number of ether oxygens (including phenoxy) is 1. The summed E-state index contributed by atoms with van der Waals surface area (Å²) < 4.78 is 31.9. The molecule has 0 radical (unpaired) electrons. The van der Waals surface area contributed by atoms with Crippen molar-refractivity contribution in [2.45, 2.75) is 18.4 Å². The molecule has 0 bridgehead atoms. The third kappa shape index (κ3) is 3.31. The van der Waals surface area contributed by atoms with Gasteiger partial charge in [0.15, 0.2) is 0 Å². The Bertz CT molecular complexity index is 652. The minimum absolute atomic E-state index is 0.192. The van der Waals surface area contributed by atoms with Crippen molar-refractivity contribution in [3.05, 3.63) is 40.3 Å². The van der Waals surface area contributed by atoms with Crippen LogP contribution in [-0.2, 0) is 16.6 Å². The van der Waals surface area contributed by atoms with E-state index in [-0.39, 0.29) is 11.4 Å². The van der Waals surface area contributed by atoms with Crippen LogP contribution >= 0.6 is 11.3 Å². The number of hydrogen-bond donors (Lipinski definition) is 1. The third-order valence-corrected chi connectivity index (χ3v) is 4.80. The average Bonchev–Trinajstić information content (AvgIpc) is 2.89. The molecular formula is C12H14N2O3S2. The first-order valence-electron chi connectivity index (χ1n) is 5.54. The van der Waals surface area contributed by atoms with Crippen molar-refractivity contribution < 1.29 is 13.2 Å². The summed E-state index contributed by atoms with van der Waals surface area (Å²) in [5.74, 6) is 0.635. The Morgan fingerprint density at radius 3 is 2.79 bits per heavy atom. The predicted octanol–water partition coefficient (Wildman–Crippen LogP) is 1.94. The van der Waals surface area contributed by atoms with Gasteiger partial charge in [0.2, 0.25) is 10.0 Å². The second-order valence-corrected chi connectivity index (χ2v) is 6.39. The maximum atomic E-state index is 12.2. The van der Waals surface area contributed by atoms with Crippen LogP contribution in [0.2, 0.25) is 0 Å². The number of methoxy groups -OCH3 is 1. The molecule has 102 valence electrons. The number of aromatic nitrogens is 1. The molecule has 2 rings (SSSR count). The molecule has 1 heterocycles. The highest BCUT2D eigenvalue weighted by Gasteiger charge is 2.17. The number of nitrogens with one attached hydrogen (secondary N) is 1. The van der Waals surface area contributed by atoms with Gasteiger partial charge in [-0.25, -0.2) is 18.1 Å². The van der Waals surface area contributed by atoms with Crippen LogP contribution in [-0.4, -0.2) is 20.5 Å². The number of thiazole rings is 1. The van der Waals surface area contributed by atoms with Gasteiger partial charge in [0.05, 0.1) is 29.8 Å². The quantitative estimate of drug-likeness (QED) is 0.916. The smallest absolute Gasteiger partial charge is 0.241 e. The SMILES string of the molecule is COc1ccc(S(=O)(=O)NCc2cscn2)c(C)c1. The summed E-state index contributed by atoms with van der Waals surface area (Å²) in [6.45, 7) is 1.93. The van der Waals surface area contributed by atoms with Gasteiger partial charge in [-0.05, 0) is 30.7 Å². The molecule has 1 N–H and O–H groups in total. The van der Waals surface area contributed by atoms with Gasteiger partial charge in [0.1, 0.15) is 5.75 Å². The van der Waals surface area contributed by atoms with Crippen LogP contribution < -0.4 is 9.46 Å². The van der Waals surface area contributed by atoms with E-state index in [2.05, 4.69) is 9.71 Å². The van der Waals surface area contributed by atoms with E-state index in [9.17, 15) is 8.42 Å². The van der Waals surface area contributed by atoms with Crippen molar-refractivity contribution in [3.63, 3.8) is 0 Å². The Morgan fingerprint density at radius 1 is 1.42 bits per heavy atom. The van der Waals surface area contributed by atoms with Crippen molar-refractivity contribution in [2.75, 3.05) is 7.11 Å². The standard InChI is InChI=1S/C12H14N2O3S2/c1-9-5-11(17-2)3-4-12(9)19(15,16)14-6-10-7-18-8-13-10/h3-5,7-8,14H,6H2,1-2H3. The number of aryl methyl sites for hydroxylation is 1. The van der Waals surface area contributed by atoms with Crippen molar-refractivity contribution in [1.29, 1.82) is 0 Å². The molecule has 2 aromatic rings. The fourth-order valence-electron chi connectivity index (χ4n) is 1.62. The van der Waals surface area contributed by atoms with E-state index in [0.29, 0.717) is 17.0 Å². The van der Waals surface area contributed by atoms with Gasteiger partial charge in [-0.1, -0.05) is 0 Å². The Kier molecular flexibility index (Phi) is 4.18. The first-order chi connectivity index (χ1) is 9.03. The van der Waals surface area contributed by atoms with Crippen molar-refractivity contribution in [3.8, 4) is 5.75 Å². The summed E-state index contributed by atoms with van der Waals surface area (Å²) in [4.78, 5) is 4.29. The molecule has 0 atom stereocenters. The molecule has 0 saturated carbocycles. The highest BCUT2D eigenvalue weighted by Crippen LogP contribution is 2.20. The van der Waals surface area contributed by atoms with Gasteiger partial charge < -0.3 is 4.74 Å². The monoisotopic (exact) mass is 298 g/mol. The van der Waals surface area contributed by atoms with Crippen LogP contribution in [0.4, 0.5) is 0 Å². The molecule has 1 aromatic heterocycles. The zero-order valence-corrected chi connectivity index (χ0v) is 12.2. The zero-order valence-electron chi connectivity index (χ0n) is 10.6. The number of nitrogens with zero attached hydrogens (tertiary/aromatic N) is 1. The minimum atomic E-state index is -3.53. The van der Waals surface area contributed by atoms with Gasteiger partial charge in [0, 0.05) is 5.38 Å². The highest BCUT2D eigenvalue weighted by molar-refractivity contribution is 7.89. The molecule has 0 fully saturated rings. The molecule has 0 spiro atoms. The van der Waals surface area contributed by atoms with Crippen molar-refractivity contribution >= 4 is 21.4 Å². The molecular weight excluding hydrogens is 284 g/mol. The number of hydrogen-bond acceptors (Lipinski definition) is 5. The van der Waals surface area contributed by atoms with Gasteiger partial charge in [0.25, 0.3) is 0 Å². The van der Waals surface area contributed by atoms with Gasteiger partial charge in [-0.15, -0.1) is 11.3 Å². The molecule has 0 aliphatic rings. The maximum Gasteiger partial charge on any atom is 0.241 e. The van der Waals surface area contributed by atoms with E-state index in [0.717, 1.165) is 0 Å². The minimum Gasteiger partial charge on any atom is -0.497 e. The first kappa shape index (κ1) is 14.0. The summed E-state index contributed by atoms with van der Waals surface area (Å²) in [7, 11) is -1.99.